The quantitative estimate of drug-likeness (QED) is 0.691. The molecule has 0 saturated carbocycles. The van der Waals surface area contributed by atoms with E-state index in [9.17, 15) is 9.59 Å². The molecule has 1 fully saturated rings. The third-order valence-electron chi connectivity index (χ3n) is 5.37. The van der Waals surface area contributed by atoms with Crippen LogP contribution in [0.3, 0.4) is 0 Å². The van der Waals surface area contributed by atoms with Crippen LogP contribution >= 0.6 is 0 Å². The molecule has 1 atom stereocenters. The number of nitrogens with zero attached hydrogens (tertiary/aromatic N) is 3. The van der Waals surface area contributed by atoms with E-state index in [1.165, 1.54) is 10.6 Å². The van der Waals surface area contributed by atoms with Crippen molar-refractivity contribution in [2.24, 2.45) is 5.92 Å². The van der Waals surface area contributed by atoms with Gasteiger partial charge in [-0.3, -0.25) is 19.7 Å². The number of fused-ring (bicyclic) bond motifs is 1. The molecule has 1 unspecified atom stereocenters. The van der Waals surface area contributed by atoms with E-state index in [0.717, 1.165) is 31.7 Å². The van der Waals surface area contributed by atoms with E-state index in [1.807, 2.05) is 19.9 Å². The molecule has 1 amide bonds. The second-order valence-corrected chi connectivity index (χ2v) is 7.74. The van der Waals surface area contributed by atoms with E-state index in [2.05, 4.69) is 15.4 Å². The zero-order chi connectivity index (χ0) is 20.4. The Labute approximate surface area is 168 Å². The van der Waals surface area contributed by atoms with Crippen LogP contribution in [-0.4, -0.2) is 38.7 Å². The fourth-order valence-electron chi connectivity index (χ4n) is 3.72. The highest BCUT2D eigenvalue weighted by Crippen LogP contribution is 2.26. The van der Waals surface area contributed by atoms with E-state index >= 15 is 0 Å². The Kier molecular flexibility index (Phi) is 5.44. The van der Waals surface area contributed by atoms with E-state index in [0.29, 0.717) is 22.8 Å². The Hall–Kier alpha value is -3.00. The van der Waals surface area contributed by atoms with Crippen LogP contribution in [0, 0.1) is 5.92 Å². The molecular formula is C21H25N5O3. The molecule has 3 aromatic heterocycles. The first-order valence-corrected chi connectivity index (χ1v) is 9.94. The van der Waals surface area contributed by atoms with Crippen molar-refractivity contribution < 1.29 is 9.53 Å². The summed E-state index contributed by atoms with van der Waals surface area (Å²) in [7, 11) is 0. The summed E-state index contributed by atoms with van der Waals surface area (Å²) in [5, 5.41) is 6.19. The van der Waals surface area contributed by atoms with Crippen molar-refractivity contribution in [1.29, 1.82) is 0 Å². The minimum atomic E-state index is -0.380. The number of pyridine rings is 1. The number of hydrogen-bond acceptors (Lipinski definition) is 5. The number of hydrogen-bond donors (Lipinski definition) is 2. The highest BCUT2D eigenvalue weighted by molar-refractivity contribution is 5.94. The molecule has 0 aliphatic carbocycles. The van der Waals surface area contributed by atoms with Crippen LogP contribution in [0.25, 0.3) is 5.65 Å². The van der Waals surface area contributed by atoms with Gasteiger partial charge in [-0.1, -0.05) is 13.8 Å². The van der Waals surface area contributed by atoms with E-state index < -0.39 is 0 Å². The van der Waals surface area contributed by atoms with Gasteiger partial charge in [0.05, 0.1) is 11.7 Å². The molecule has 4 heterocycles. The van der Waals surface area contributed by atoms with Gasteiger partial charge in [0.1, 0.15) is 0 Å². The molecular weight excluding hydrogens is 370 g/mol. The summed E-state index contributed by atoms with van der Waals surface area (Å²) in [6.45, 7) is 5.44. The van der Waals surface area contributed by atoms with Crippen LogP contribution in [0.15, 0.2) is 41.5 Å². The molecule has 4 rings (SSSR count). The molecule has 1 aliphatic heterocycles. The number of aromatic amines is 1. The molecule has 0 spiro atoms. The molecule has 1 aliphatic rings. The van der Waals surface area contributed by atoms with Crippen molar-refractivity contribution in [3.63, 3.8) is 0 Å². The lowest BCUT2D eigenvalue weighted by molar-refractivity contribution is 0.0844. The summed E-state index contributed by atoms with van der Waals surface area (Å²) < 4.78 is 6.90. The molecule has 8 heteroatoms. The average Bonchev–Trinajstić information content (AvgIpc) is 3.18. The molecule has 2 N–H and O–H groups in total. The maximum atomic E-state index is 12.7. The third kappa shape index (κ3) is 4.07. The third-order valence-corrected chi connectivity index (χ3v) is 5.37. The van der Waals surface area contributed by atoms with Crippen molar-refractivity contribution in [2.75, 3.05) is 13.2 Å². The Morgan fingerprint density at radius 3 is 2.66 bits per heavy atom. The largest absolute Gasteiger partial charge is 0.381 e. The number of nitrogens with one attached hydrogen (secondary N) is 2. The Morgan fingerprint density at radius 2 is 1.97 bits per heavy atom. The van der Waals surface area contributed by atoms with Gasteiger partial charge in [0.2, 0.25) is 0 Å². The minimum Gasteiger partial charge on any atom is -0.381 e. The monoisotopic (exact) mass is 395 g/mol. The lowest BCUT2D eigenvalue weighted by Gasteiger charge is -2.22. The van der Waals surface area contributed by atoms with Crippen molar-refractivity contribution in [1.82, 2.24) is 24.9 Å². The van der Waals surface area contributed by atoms with Gasteiger partial charge in [-0.15, -0.1) is 0 Å². The number of carbonyl (C=O) groups excluding carboxylic acids is 1. The molecule has 0 radical (unpaired) electrons. The Bertz CT molecular complexity index is 1050. The number of aromatic nitrogens is 4. The van der Waals surface area contributed by atoms with Crippen LogP contribution in [0.4, 0.5) is 0 Å². The van der Waals surface area contributed by atoms with E-state index in [1.54, 1.807) is 24.5 Å². The summed E-state index contributed by atoms with van der Waals surface area (Å²) >= 11 is 0. The van der Waals surface area contributed by atoms with Crippen LogP contribution in [-0.2, 0) is 4.74 Å². The highest BCUT2D eigenvalue weighted by Gasteiger charge is 2.23. The van der Waals surface area contributed by atoms with Crippen molar-refractivity contribution in [3.8, 4) is 0 Å². The lowest BCUT2D eigenvalue weighted by atomic mass is 9.97. The number of H-pyrrole nitrogens is 1. The molecule has 29 heavy (non-hydrogen) atoms. The summed E-state index contributed by atoms with van der Waals surface area (Å²) in [5.74, 6) is 0.176. The van der Waals surface area contributed by atoms with Crippen molar-refractivity contribution >= 4 is 11.6 Å². The van der Waals surface area contributed by atoms with Gasteiger partial charge in [-0.2, -0.15) is 0 Å². The topological polar surface area (TPSA) is 101 Å². The van der Waals surface area contributed by atoms with Gasteiger partial charge in [0, 0.05) is 54.9 Å². The fourth-order valence-corrected chi connectivity index (χ4v) is 3.72. The first-order valence-electron chi connectivity index (χ1n) is 9.94. The second kappa shape index (κ2) is 8.16. The number of ether oxygens (including phenoxy) is 1. The van der Waals surface area contributed by atoms with Gasteiger partial charge in [-0.05, 0) is 30.9 Å². The molecule has 0 bridgehead atoms. The number of rotatable bonds is 5. The standard InChI is InChI=1S/C21H25N5O3/c1-13(2)20(24-21(28)15-3-7-22-8-4-15)17-12-19(27)26-18(23-17)11-16(25-26)14-5-9-29-10-6-14/h3-4,7-8,11-14,20,25H,5-6,9-10H2,1-2H3,(H,24,28). The maximum absolute atomic E-state index is 12.7. The normalized spacial score (nSPS) is 16.2. The van der Waals surface area contributed by atoms with Gasteiger partial charge in [0.15, 0.2) is 5.65 Å². The molecule has 1 saturated heterocycles. The van der Waals surface area contributed by atoms with E-state index in [-0.39, 0.29) is 23.4 Å². The van der Waals surface area contributed by atoms with Gasteiger partial charge in [-0.25, -0.2) is 9.50 Å². The molecule has 8 nitrogen and oxygen atoms in total. The highest BCUT2D eigenvalue weighted by atomic mass is 16.5. The molecule has 3 aromatic rings. The van der Waals surface area contributed by atoms with Crippen molar-refractivity contribution in [3.05, 3.63) is 64.0 Å². The van der Waals surface area contributed by atoms with Gasteiger partial charge < -0.3 is 10.1 Å². The van der Waals surface area contributed by atoms with Gasteiger partial charge >= 0.3 is 0 Å². The predicted octanol–water partition coefficient (Wildman–Crippen LogP) is 2.44. The van der Waals surface area contributed by atoms with Gasteiger partial charge in [0.25, 0.3) is 11.5 Å². The number of carbonyl (C=O) groups is 1. The molecule has 152 valence electrons. The van der Waals surface area contributed by atoms with Crippen molar-refractivity contribution in [2.45, 2.75) is 38.6 Å². The second-order valence-electron chi connectivity index (χ2n) is 7.74. The summed E-state index contributed by atoms with van der Waals surface area (Å²) in [6.07, 6.45) is 5.00. The van der Waals surface area contributed by atoms with Crippen LogP contribution in [0.5, 0.6) is 0 Å². The first-order chi connectivity index (χ1) is 14.0. The molecule has 0 aromatic carbocycles. The average molecular weight is 395 g/mol. The summed E-state index contributed by atoms with van der Waals surface area (Å²) in [5.41, 5.74) is 2.46. The van der Waals surface area contributed by atoms with Crippen LogP contribution in [0.1, 0.15) is 60.4 Å². The van der Waals surface area contributed by atoms with Crippen LogP contribution in [0.2, 0.25) is 0 Å². The smallest absolute Gasteiger partial charge is 0.272 e. The SMILES string of the molecule is CC(C)C(NC(=O)c1ccncc1)c1cc(=O)n2[nH]c(C3CCOCC3)cc2n1. The first kappa shape index (κ1) is 19.3. The fraction of sp³-hybridized carbons (Fsp3) is 0.429. The lowest BCUT2D eigenvalue weighted by Crippen LogP contribution is -2.33. The number of amides is 1. The zero-order valence-corrected chi connectivity index (χ0v) is 16.6. The Morgan fingerprint density at radius 1 is 1.24 bits per heavy atom. The minimum absolute atomic E-state index is 0.0593. The predicted molar refractivity (Wildman–Crippen MR) is 108 cm³/mol. The summed E-state index contributed by atoms with van der Waals surface area (Å²) in [6, 6.07) is 6.36. The maximum Gasteiger partial charge on any atom is 0.272 e. The van der Waals surface area contributed by atoms with Crippen LogP contribution < -0.4 is 10.9 Å². The Balaban J connectivity index is 1.65. The van der Waals surface area contributed by atoms with E-state index in [4.69, 9.17) is 9.72 Å². The zero-order valence-electron chi connectivity index (χ0n) is 16.6. The summed E-state index contributed by atoms with van der Waals surface area (Å²) in [4.78, 5) is 34.0.